The molecule has 0 spiro atoms. The summed E-state index contributed by atoms with van der Waals surface area (Å²) < 4.78 is 0. The number of hydrogen-bond donors (Lipinski definition) is 1. The first-order valence-corrected chi connectivity index (χ1v) is 9.72. The standard InChI is InChI=1S/C21H23N3OS/c1-24(18-9-3-2-4-10-18)15-7-14-22-20(25)16-26-21-13-12-17-8-5-6-11-19(17)23-21/h2-6,8-13H,7,14-16H2,1H3,(H,22,25). The van der Waals surface area contributed by atoms with E-state index in [1.807, 2.05) is 54.6 Å². The largest absolute Gasteiger partial charge is 0.375 e. The number of benzene rings is 2. The monoisotopic (exact) mass is 365 g/mol. The highest BCUT2D eigenvalue weighted by atomic mass is 32.2. The molecule has 134 valence electrons. The molecule has 1 aromatic heterocycles. The Morgan fingerprint density at radius 2 is 1.81 bits per heavy atom. The van der Waals surface area contributed by atoms with Gasteiger partial charge in [0, 0.05) is 31.2 Å². The fourth-order valence-electron chi connectivity index (χ4n) is 2.67. The average Bonchev–Trinajstić information content (AvgIpc) is 2.70. The summed E-state index contributed by atoms with van der Waals surface area (Å²) in [6.45, 7) is 1.59. The van der Waals surface area contributed by atoms with Gasteiger partial charge in [0.15, 0.2) is 0 Å². The maximum Gasteiger partial charge on any atom is 0.230 e. The normalized spacial score (nSPS) is 10.7. The molecule has 0 atom stereocenters. The highest BCUT2D eigenvalue weighted by molar-refractivity contribution is 7.99. The lowest BCUT2D eigenvalue weighted by Crippen LogP contribution is -2.29. The Morgan fingerprint density at radius 1 is 1.04 bits per heavy atom. The molecule has 0 aliphatic carbocycles. The minimum Gasteiger partial charge on any atom is -0.375 e. The van der Waals surface area contributed by atoms with Gasteiger partial charge in [-0.2, -0.15) is 0 Å². The molecule has 3 aromatic rings. The molecule has 0 aliphatic heterocycles. The number of hydrogen-bond acceptors (Lipinski definition) is 4. The summed E-state index contributed by atoms with van der Waals surface area (Å²) in [7, 11) is 2.07. The molecule has 1 heterocycles. The van der Waals surface area contributed by atoms with Crippen molar-refractivity contribution in [1.82, 2.24) is 10.3 Å². The van der Waals surface area contributed by atoms with Crippen LogP contribution in [0.4, 0.5) is 5.69 Å². The molecule has 4 nitrogen and oxygen atoms in total. The first kappa shape index (κ1) is 18.3. The molecule has 0 fully saturated rings. The minimum absolute atomic E-state index is 0.0484. The molecule has 1 amide bonds. The second-order valence-corrected chi connectivity index (χ2v) is 7.09. The minimum atomic E-state index is 0.0484. The number of rotatable bonds is 8. The van der Waals surface area contributed by atoms with Crippen LogP contribution in [0.2, 0.25) is 0 Å². The summed E-state index contributed by atoms with van der Waals surface area (Å²) in [6.07, 6.45) is 0.913. The summed E-state index contributed by atoms with van der Waals surface area (Å²) in [6, 6.07) is 22.3. The zero-order chi connectivity index (χ0) is 18.2. The van der Waals surface area contributed by atoms with E-state index in [9.17, 15) is 4.79 Å². The Hall–Kier alpha value is -2.53. The van der Waals surface area contributed by atoms with Crippen molar-refractivity contribution < 1.29 is 4.79 Å². The Balaban J connectivity index is 1.37. The van der Waals surface area contributed by atoms with E-state index in [0.717, 1.165) is 28.9 Å². The molecule has 2 aromatic carbocycles. The third-order valence-corrected chi connectivity index (χ3v) is 5.04. The second kappa shape index (κ2) is 9.25. The molecule has 0 radical (unpaired) electrons. The Morgan fingerprint density at radius 3 is 2.65 bits per heavy atom. The van der Waals surface area contributed by atoms with Crippen molar-refractivity contribution >= 4 is 34.3 Å². The molecule has 0 aliphatic rings. The third kappa shape index (κ3) is 5.23. The molecule has 26 heavy (non-hydrogen) atoms. The van der Waals surface area contributed by atoms with Crippen molar-refractivity contribution in [3.05, 3.63) is 66.7 Å². The molecule has 0 saturated carbocycles. The summed E-state index contributed by atoms with van der Waals surface area (Å²) in [4.78, 5) is 18.8. The van der Waals surface area contributed by atoms with E-state index >= 15 is 0 Å². The molecule has 1 N–H and O–H groups in total. The van der Waals surface area contributed by atoms with Gasteiger partial charge in [0.2, 0.25) is 5.91 Å². The van der Waals surface area contributed by atoms with Crippen LogP contribution in [0.5, 0.6) is 0 Å². The first-order valence-electron chi connectivity index (χ1n) is 8.74. The zero-order valence-electron chi connectivity index (χ0n) is 14.9. The lowest BCUT2D eigenvalue weighted by molar-refractivity contribution is -0.118. The zero-order valence-corrected chi connectivity index (χ0v) is 15.7. The van der Waals surface area contributed by atoms with Crippen LogP contribution in [0.25, 0.3) is 10.9 Å². The fraction of sp³-hybridized carbons (Fsp3) is 0.238. The van der Waals surface area contributed by atoms with Crippen molar-refractivity contribution in [2.75, 3.05) is 30.8 Å². The molecular weight excluding hydrogens is 342 g/mol. The van der Waals surface area contributed by atoms with Gasteiger partial charge in [-0.15, -0.1) is 0 Å². The highest BCUT2D eigenvalue weighted by Gasteiger charge is 2.05. The Kier molecular flexibility index (Phi) is 6.50. The van der Waals surface area contributed by atoms with Crippen LogP contribution in [0.15, 0.2) is 71.8 Å². The van der Waals surface area contributed by atoms with Gasteiger partial charge in [0.05, 0.1) is 16.3 Å². The number of fused-ring (bicyclic) bond motifs is 1. The van der Waals surface area contributed by atoms with Gasteiger partial charge < -0.3 is 10.2 Å². The Labute approximate surface area is 158 Å². The van der Waals surface area contributed by atoms with Crippen LogP contribution in [0.1, 0.15) is 6.42 Å². The molecular formula is C21H23N3OS. The number of nitrogens with zero attached hydrogens (tertiary/aromatic N) is 2. The molecule has 0 saturated heterocycles. The number of carbonyl (C=O) groups is 1. The number of anilines is 1. The van der Waals surface area contributed by atoms with Gasteiger partial charge >= 0.3 is 0 Å². The highest BCUT2D eigenvalue weighted by Crippen LogP contribution is 2.19. The second-order valence-electron chi connectivity index (χ2n) is 6.09. The van der Waals surface area contributed by atoms with Crippen LogP contribution in [-0.2, 0) is 4.79 Å². The fourth-order valence-corrected chi connectivity index (χ4v) is 3.38. The van der Waals surface area contributed by atoms with Crippen LogP contribution in [0.3, 0.4) is 0 Å². The van der Waals surface area contributed by atoms with Crippen LogP contribution >= 0.6 is 11.8 Å². The number of nitrogens with one attached hydrogen (secondary N) is 1. The number of amides is 1. The van der Waals surface area contributed by atoms with Crippen molar-refractivity contribution in [2.45, 2.75) is 11.4 Å². The molecule has 0 bridgehead atoms. The smallest absolute Gasteiger partial charge is 0.230 e. The summed E-state index contributed by atoms with van der Waals surface area (Å²) in [5.74, 6) is 0.437. The van der Waals surface area contributed by atoms with E-state index < -0.39 is 0 Å². The molecule has 3 rings (SSSR count). The van der Waals surface area contributed by atoms with Crippen molar-refractivity contribution in [3.63, 3.8) is 0 Å². The SMILES string of the molecule is CN(CCCNC(=O)CSc1ccc2ccccc2n1)c1ccccc1. The van der Waals surface area contributed by atoms with E-state index in [1.165, 1.54) is 17.4 Å². The van der Waals surface area contributed by atoms with Crippen LogP contribution < -0.4 is 10.2 Å². The van der Waals surface area contributed by atoms with Gasteiger partial charge in [-0.25, -0.2) is 4.98 Å². The van der Waals surface area contributed by atoms with Crippen molar-refractivity contribution in [3.8, 4) is 0 Å². The summed E-state index contributed by atoms with van der Waals surface area (Å²) in [5, 5.41) is 4.97. The summed E-state index contributed by atoms with van der Waals surface area (Å²) in [5.41, 5.74) is 2.15. The van der Waals surface area contributed by atoms with Crippen molar-refractivity contribution in [2.24, 2.45) is 0 Å². The first-order chi connectivity index (χ1) is 12.7. The van der Waals surface area contributed by atoms with E-state index in [1.54, 1.807) is 0 Å². The number of para-hydroxylation sites is 2. The molecule has 0 unspecified atom stereocenters. The average molecular weight is 366 g/mol. The van der Waals surface area contributed by atoms with Gasteiger partial charge in [0.1, 0.15) is 0 Å². The van der Waals surface area contributed by atoms with Crippen LogP contribution in [0, 0.1) is 0 Å². The quantitative estimate of drug-likeness (QED) is 0.485. The number of pyridine rings is 1. The third-order valence-electron chi connectivity index (χ3n) is 4.11. The predicted molar refractivity (Wildman–Crippen MR) is 110 cm³/mol. The maximum absolute atomic E-state index is 12.0. The van der Waals surface area contributed by atoms with E-state index in [2.05, 4.69) is 34.4 Å². The van der Waals surface area contributed by atoms with Gasteiger partial charge in [-0.05, 0) is 30.7 Å². The van der Waals surface area contributed by atoms with Crippen molar-refractivity contribution in [1.29, 1.82) is 0 Å². The van der Waals surface area contributed by atoms with E-state index in [0.29, 0.717) is 12.3 Å². The summed E-state index contributed by atoms with van der Waals surface area (Å²) >= 11 is 1.47. The topological polar surface area (TPSA) is 45.2 Å². The van der Waals surface area contributed by atoms with Gasteiger partial charge in [-0.3, -0.25) is 4.79 Å². The van der Waals surface area contributed by atoms with Crippen LogP contribution in [-0.4, -0.2) is 36.8 Å². The Bertz CT molecular complexity index is 854. The number of aromatic nitrogens is 1. The predicted octanol–water partition coefficient (Wildman–Crippen LogP) is 3.97. The van der Waals surface area contributed by atoms with E-state index in [4.69, 9.17) is 0 Å². The lowest BCUT2D eigenvalue weighted by Gasteiger charge is -2.19. The lowest BCUT2D eigenvalue weighted by atomic mass is 10.2. The van der Waals surface area contributed by atoms with E-state index in [-0.39, 0.29) is 5.91 Å². The molecule has 5 heteroatoms. The van der Waals surface area contributed by atoms with Gasteiger partial charge in [-0.1, -0.05) is 54.2 Å². The maximum atomic E-state index is 12.0. The number of carbonyl (C=O) groups excluding carboxylic acids is 1. The van der Waals surface area contributed by atoms with Gasteiger partial charge in [0.25, 0.3) is 0 Å². The number of thioether (sulfide) groups is 1.